The zero-order valence-corrected chi connectivity index (χ0v) is 14.7. The molecule has 114 valence electrons. The predicted molar refractivity (Wildman–Crippen MR) is 92.7 cm³/mol. The summed E-state index contributed by atoms with van der Waals surface area (Å²) in [6, 6.07) is 7.31. The molecule has 0 radical (unpaired) electrons. The van der Waals surface area contributed by atoms with Crippen LogP contribution in [0.15, 0.2) is 39.7 Å². The van der Waals surface area contributed by atoms with Crippen LogP contribution in [0.4, 0.5) is 17.1 Å². The lowest BCUT2D eigenvalue weighted by Gasteiger charge is -2.21. The van der Waals surface area contributed by atoms with Gasteiger partial charge in [-0.05, 0) is 24.3 Å². The smallest absolute Gasteiger partial charge is 0.278 e. The Labute approximate surface area is 149 Å². The van der Waals surface area contributed by atoms with Gasteiger partial charge in [0.2, 0.25) is 6.41 Å². The summed E-state index contributed by atoms with van der Waals surface area (Å²) in [4.78, 5) is 23.5. The van der Waals surface area contributed by atoms with Crippen LogP contribution in [0, 0.1) is 10.1 Å². The van der Waals surface area contributed by atoms with Crippen LogP contribution in [-0.4, -0.2) is 11.3 Å². The van der Waals surface area contributed by atoms with Gasteiger partial charge in [0.15, 0.2) is 0 Å². The van der Waals surface area contributed by atoms with Gasteiger partial charge in [-0.3, -0.25) is 19.8 Å². The molecule has 2 rings (SSSR count). The van der Waals surface area contributed by atoms with Gasteiger partial charge < -0.3 is 0 Å². The van der Waals surface area contributed by atoms with Gasteiger partial charge in [-0.2, -0.15) is 0 Å². The predicted octanol–water partition coefficient (Wildman–Crippen LogP) is 5.25. The number of amides is 1. The number of nitro groups is 1. The number of carbonyl (C=O) groups excluding carboxylic acids is 1. The molecule has 0 aliphatic heterocycles. The van der Waals surface area contributed by atoms with Crippen molar-refractivity contribution in [2.75, 3.05) is 4.90 Å². The number of nitro benzene ring substituents is 1. The molecule has 0 aromatic heterocycles. The molecule has 0 aliphatic rings. The van der Waals surface area contributed by atoms with Crippen molar-refractivity contribution >= 4 is 75.2 Å². The van der Waals surface area contributed by atoms with E-state index in [1.165, 1.54) is 24.3 Å². The second-order valence-electron chi connectivity index (χ2n) is 4.09. The largest absolute Gasteiger partial charge is 0.294 e. The number of thiol groups is 1. The molecule has 0 fully saturated rings. The van der Waals surface area contributed by atoms with Crippen molar-refractivity contribution in [2.45, 2.75) is 4.90 Å². The van der Waals surface area contributed by atoms with Gasteiger partial charge >= 0.3 is 0 Å². The summed E-state index contributed by atoms with van der Waals surface area (Å²) >= 11 is 19.5. The number of hydrogen-bond acceptors (Lipinski definition) is 4. The number of halogens is 3. The van der Waals surface area contributed by atoms with E-state index in [1.54, 1.807) is 6.07 Å². The van der Waals surface area contributed by atoms with Crippen molar-refractivity contribution in [3.63, 3.8) is 0 Å². The van der Waals surface area contributed by atoms with Gasteiger partial charge in [-0.1, -0.05) is 39.1 Å². The zero-order chi connectivity index (χ0) is 16.4. The van der Waals surface area contributed by atoms with Gasteiger partial charge in [0.05, 0.1) is 20.7 Å². The Morgan fingerprint density at radius 2 is 1.86 bits per heavy atom. The Kier molecular flexibility index (Phi) is 5.33. The fraction of sp³-hybridized carbons (Fsp3) is 0. The van der Waals surface area contributed by atoms with Crippen LogP contribution in [0.25, 0.3) is 0 Å². The Morgan fingerprint density at radius 1 is 1.23 bits per heavy atom. The van der Waals surface area contributed by atoms with Gasteiger partial charge in [0, 0.05) is 15.4 Å². The molecule has 22 heavy (non-hydrogen) atoms. The molecule has 0 bridgehead atoms. The minimum atomic E-state index is -0.590. The molecule has 0 atom stereocenters. The van der Waals surface area contributed by atoms with Crippen LogP contribution in [0.2, 0.25) is 10.0 Å². The first kappa shape index (κ1) is 17.1. The molecule has 0 N–H and O–H groups in total. The third kappa shape index (κ3) is 3.22. The Bertz CT molecular complexity index is 773. The van der Waals surface area contributed by atoms with Crippen molar-refractivity contribution in [3.8, 4) is 0 Å². The van der Waals surface area contributed by atoms with Crippen molar-refractivity contribution in [1.82, 2.24) is 0 Å². The number of benzene rings is 2. The van der Waals surface area contributed by atoms with E-state index in [2.05, 4.69) is 28.6 Å². The van der Waals surface area contributed by atoms with Crippen molar-refractivity contribution < 1.29 is 9.72 Å². The van der Waals surface area contributed by atoms with Crippen LogP contribution in [0.5, 0.6) is 0 Å². The Hall–Kier alpha value is -1.28. The number of nitrogens with zero attached hydrogens (tertiary/aromatic N) is 2. The first-order chi connectivity index (χ1) is 10.4. The topological polar surface area (TPSA) is 63.5 Å². The third-order valence-corrected chi connectivity index (χ3v) is 4.49. The van der Waals surface area contributed by atoms with E-state index in [4.69, 9.17) is 23.2 Å². The summed E-state index contributed by atoms with van der Waals surface area (Å²) in [5, 5.41) is 11.7. The van der Waals surface area contributed by atoms with Crippen molar-refractivity contribution in [1.29, 1.82) is 0 Å². The van der Waals surface area contributed by atoms with Crippen LogP contribution < -0.4 is 4.90 Å². The maximum absolute atomic E-state index is 11.5. The number of carbonyl (C=O) groups is 1. The lowest BCUT2D eigenvalue weighted by Crippen LogP contribution is -2.17. The van der Waals surface area contributed by atoms with Crippen molar-refractivity contribution in [3.05, 3.63) is 55.0 Å². The number of anilines is 2. The highest BCUT2D eigenvalue weighted by molar-refractivity contribution is 9.10. The van der Waals surface area contributed by atoms with Crippen molar-refractivity contribution in [2.24, 2.45) is 0 Å². The highest BCUT2D eigenvalue weighted by Crippen LogP contribution is 2.42. The number of hydrogen-bond donors (Lipinski definition) is 1. The van der Waals surface area contributed by atoms with E-state index in [0.29, 0.717) is 10.9 Å². The molecule has 5 nitrogen and oxygen atoms in total. The lowest BCUT2D eigenvalue weighted by molar-refractivity contribution is -0.384. The lowest BCUT2D eigenvalue weighted by atomic mass is 10.2. The van der Waals surface area contributed by atoms with Crippen LogP contribution >= 0.6 is 51.8 Å². The summed E-state index contributed by atoms with van der Waals surface area (Å²) < 4.78 is 0.511. The average molecular weight is 422 g/mol. The summed E-state index contributed by atoms with van der Waals surface area (Å²) in [5.41, 5.74) is -0.0224. The molecule has 9 heteroatoms. The van der Waals surface area contributed by atoms with Crippen LogP contribution in [0.1, 0.15) is 0 Å². The van der Waals surface area contributed by atoms with Crippen LogP contribution in [0.3, 0.4) is 0 Å². The molecule has 2 aromatic carbocycles. The van der Waals surface area contributed by atoms with Gasteiger partial charge in [-0.15, -0.1) is 12.6 Å². The standard InChI is InChI=1S/C13H7BrCl2N2O3S/c14-7-1-4-10(11(5-7)18(20)21)17(6-19)12-8(15)2-3-9(16)13(12)22/h1-6,22H. The fourth-order valence-electron chi connectivity index (χ4n) is 1.84. The first-order valence-electron chi connectivity index (χ1n) is 5.72. The summed E-state index contributed by atoms with van der Waals surface area (Å²) in [6.07, 6.45) is 0.424. The molecular weight excluding hydrogens is 415 g/mol. The zero-order valence-electron chi connectivity index (χ0n) is 10.7. The van der Waals surface area contributed by atoms with Gasteiger partial charge in [-0.25, -0.2) is 0 Å². The quantitative estimate of drug-likeness (QED) is 0.317. The summed E-state index contributed by atoms with van der Waals surface area (Å²) in [7, 11) is 0. The van der Waals surface area contributed by atoms with E-state index in [0.717, 1.165) is 4.90 Å². The number of rotatable bonds is 4. The second kappa shape index (κ2) is 6.87. The maximum Gasteiger partial charge on any atom is 0.294 e. The van der Waals surface area contributed by atoms with Crippen LogP contribution in [-0.2, 0) is 4.79 Å². The molecule has 1 amide bonds. The first-order valence-corrected chi connectivity index (χ1v) is 7.72. The fourth-order valence-corrected chi connectivity index (χ4v) is 2.95. The molecule has 0 heterocycles. The third-order valence-electron chi connectivity index (χ3n) is 2.79. The molecule has 2 aromatic rings. The Balaban J connectivity index is 2.72. The molecule has 0 saturated carbocycles. The Morgan fingerprint density at radius 3 is 2.45 bits per heavy atom. The van der Waals surface area contributed by atoms with E-state index >= 15 is 0 Å². The van der Waals surface area contributed by atoms with E-state index in [-0.39, 0.29) is 32.0 Å². The van der Waals surface area contributed by atoms with Gasteiger partial charge in [0.25, 0.3) is 5.69 Å². The average Bonchev–Trinajstić information content (AvgIpc) is 2.48. The minimum Gasteiger partial charge on any atom is -0.278 e. The molecule has 0 saturated heterocycles. The maximum atomic E-state index is 11.5. The van der Waals surface area contributed by atoms with E-state index in [1.807, 2.05) is 0 Å². The minimum absolute atomic E-state index is 0.0580. The molecule has 0 spiro atoms. The SMILES string of the molecule is O=CN(c1ccc(Br)cc1[N+](=O)[O-])c1c(Cl)ccc(Cl)c1S. The summed E-state index contributed by atoms with van der Waals surface area (Å²) in [6.45, 7) is 0. The monoisotopic (exact) mass is 420 g/mol. The molecule has 0 unspecified atom stereocenters. The molecule has 0 aliphatic carbocycles. The molecular formula is C13H7BrCl2N2O3S. The summed E-state index contributed by atoms with van der Waals surface area (Å²) in [5.74, 6) is 0. The van der Waals surface area contributed by atoms with E-state index < -0.39 is 4.92 Å². The highest BCUT2D eigenvalue weighted by atomic mass is 79.9. The van der Waals surface area contributed by atoms with E-state index in [9.17, 15) is 14.9 Å². The second-order valence-corrected chi connectivity index (χ2v) is 6.27. The highest BCUT2D eigenvalue weighted by Gasteiger charge is 2.24. The normalized spacial score (nSPS) is 10.4. The van der Waals surface area contributed by atoms with Gasteiger partial charge in [0.1, 0.15) is 5.69 Å².